The quantitative estimate of drug-likeness (QED) is 0.770. The largest absolute Gasteiger partial charge is 0.441 e. The minimum Gasteiger partial charge on any atom is -0.441 e. The second-order valence-electron chi connectivity index (χ2n) is 5.01. The van der Waals surface area contributed by atoms with E-state index < -0.39 is 0 Å². The summed E-state index contributed by atoms with van der Waals surface area (Å²) in [4.78, 5) is 4.14. The van der Waals surface area contributed by atoms with E-state index in [4.69, 9.17) is 10.2 Å². The number of rotatable bonds is 1. The van der Waals surface area contributed by atoms with Crippen molar-refractivity contribution in [2.24, 2.45) is 0 Å². The lowest BCUT2D eigenvalue weighted by Gasteiger charge is -2.13. The molecule has 17 heavy (non-hydrogen) atoms. The first-order valence-electron chi connectivity index (χ1n) is 5.39. The molecule has 0 bridgehead atoms. The fourth-order valence-corrected chi connectivity index (χ4v) is 1.46. The molecule has 1 aromatic heterocycles. The fourth-order valence-electron chi connectivity index (χ4n) is 1.46. The summed E-state index contributed by atoms with van der Waals surface area (Å²) in [5, 5.41) is 0. The predicted molar refractivity (Wildman–Crippen MR) is 65.0 cm³/mol. The van der Waals surface area contributed by atoms with Gasteiger partial charge in [-0.05, 0) is 18.2 Å². The number of nitrogen functional groups attached to an aromatic ring is 1. The lowest BCUT2D eigenvalue weighted by Crippen LogP contribution is -2.09. The van der Waals surface area contributed by atoms with Gasteiger partial charge in [0.2, 0.25) is 5.89 Å². The average Bonchev–Trinajstić information content (AvgIpc) is 2.70. The zero-order valence-electron chi connectivity index (χ0n) is 10.1. The molecule has 0 aliphatic carbocycles. The van der Waals surface area contributed by atoms with E-state index in [9.17, 15) is 4.39 Å². The van der Waals surface area contributed by atoms with Crippen LogP contribution in [0.2, 0.25) is 0 Å². The Bertz CT molecular complexity index is 541. The molecule has 0 aliphatic heterocycles. The van der Waals surface area contributed by atoms with Crippen LogP contribution >= 0.6 is 0 Å². The van der Waals surface area contributed by atoms with E-state index in [-0.39, 0.29) is 11.2 Å². The van der Waals surface area contributed by atoms with Gasteiger partial charge in [0.05, 0.1) is 11.8 Å². The summed E-state index contributed by atoms with van der Waals surface area (Å²) in [7, 11) is 0. The van der Waals surface area contributed by atoms with Gasteiger partial charge in [-0.2, -0.15) is 0 Å². The van der Waals surface area contributed by atoms with Crippen LogP contribution in [0.3, 0.4) is 0 Å². The molecule has 2 rings (SSSR count). The summed E-state index contributed by atoms with van der Waals surface area (Å²) in [5.41, 5.74) is 6.58. The van der Waals surface area contributed by atoms with Crippen molar-refractivity contribution < 1.29 is 8.81 Å². The van der Waals surface area contributed by atoms with E-state index in [2.05, 4.69) is 4.98 Å². The normalized spacial score (nSPS) is 11.8. The van der Waals surface area contributed by atoms with Crippen molar-refractivity contribution in [3.05, 3.63) is 36.0 Å². The molecule has 90 valence electrons. The van der Waals surface area contributed by atoms with Crippen molar-refractivity contribution in [1.29, 1.82) is 0 Å². The molecule has 0 spiro atoms. The number of halogens is 1. The Kier molecular flexibility index (Phi) is 2.65. The van der Waals surface area contributed by atoms with Crippen molar-refractivity contribution in [1.82, 2.24) is 4.98 Å². The van der Waals surface area contributed by atoms with E-state index >= 15 is 0 Å². The molecule has 0 atom stereocenters. The Morgan fingerprint density at radius 3 is 2.59 bits per heavy atom. The number of oxazole rings is 1. The third-order valence-electron chi connectivity index (χ3n) is 2.49. The molecule has 0 amide bonds. The first-order chi connectivity index (χ1) is 7.88. The van der Waals surface area contributed by atoms with E-state index in [0.29, 0.717) is 17.1 Å². The molecule has 0 radical (unpaired) electrons. The van der Waals surface area contributed by atoms with Gasteiger partial charge >= 0.3 is 0 Å². The minimum absolute atomic E-state index is 0.132. The zero-order chi connectivity index (χ0) is 12.6. The molecular weight excluding hydrogens is 219 g/mol. The van der Waals surface area contributed by atoms with Crippen LogP contribution < -0.4 is 5.73 Å². The fraction of sp³-hybridized carbons (Fsp3) is 0.308. The second-order valence-corrected chi connectivity index (χ2v) is 5.01. The van der Waals surface area contributed by atoms with Gasteiger partial charge in [0.25, 0.3) is 0 Å². The number of aromatic nitrogens is 1. The van der Waals surface area contributed by atoms with Gasteiger partial charge in [-0.25, -0.2) is 9.37 Å². The highest BCUT2D eigenvalue weighted by molar-refractivity contribution is 5.70. The molecule has 2 N–H and O–H groups in total. The first kappa shape index (κ1) is 11.6. The number of hydrogen-bond donors (Lipinski definition) is 1. The van der Waals surface area contributed by atoms with E-state index in [1.165, 1.54) is 18.2 Å². The van der Waals surface area contributed by atoms with E-state index in [0.717, 1.165) is 5.76 Å². The van der Waals surface area contributed by atoms with Crippen LogP contribution in [0.25, 0.3) is 11.5 Å². The van der Waals surface area contributed by atoms with Crippen molar-refractivity contribution in [3.8, 4) is 11.5 Å². The highest BCUT2D eigenvalue weighted by atomic mass is 19.1. The van der Waals surface area contributed by atoms with Crippen molar-refractivity contribution in [2.75, 3.05) is 5.73 Å². The number of benzene rings is 1. The lowest BCUT2D eigenvalue weighted by atomic mass is 9.94. The average molecular weight is 234 g/mol. The Morgan fingerprint density at radius 2 is 2.00 bits per heavy atom. The molecule has 0 aliphatic rings. The van der Waals surface area contributed by atoms with Crippen LogP contribution in [-0.4, -0.2) is 4.98 Å². The highest BCUT2D eigenvalue weighted by Crippen LogP contribution is 2.30. The molecule has 4 heteroatoms. The number of nitrogens with two attached hydrogens (primary N) is 1. The van der Waals surface area contributed by atoms with Gasteiger partial charge < -0.3 is 10.2 Å². The molecular formula is C13H15FN2O. The van der Waals surface area contributed by atoms with Gasteiger partial charge in [-0.3, -0.25) is 0 Å². The topological polar surface area (TPSA) is 52.0 Å². The van der Waals surface area contributed by atoms with Crippen molar-refractivity contribution >= 4 is 5.69 Å². The Balaban J connectivity index is 2.47. The molecule has 1 aromatic carbocycles. The summed E-state index contributed by atoms with van der Waals surface area (Å²) < 4.78 is 18.8. The van der Waals surface area contributed by atoms with E-state index in [1.807, 2.05) is 20.8 Å². The zero-order valence-corrected chi connectivity index (χ0v) is 10.1. The Hall–Kier alpha value is -1.84. The number of nitrogens with zero attached hydrogens (tertiary/aromatic N) is 1. The summed E-state index contributed by atoms with van der Waals surface area (Å²) >= 11 is 0. The number of hydrogen-bond acceptors (Lipinski definition) is 3. The van der Waals surface area contributed by atoms with Gasteiger partial charge in [0, 0.05) is 11.1 Å². The highest BCUT2D eigenvalue weighted by Gasteiger charge is 2.20. The SMILES string of the molecule is CC(C)(C)c1cnc(-c2cc(F)ccc2N)o1. The van der Waals surface area contributed by atoms with Gasteiger partial charge in [-0.15, -0.1) is 0 Å². The number of anilines is 1. The van der Waals surface area contributed by atoms with Gasteiger partial charge in [0.1, 0.15) is 11.6 Å². The summed E-state index contributed by atoms with van der Waals surface area (Å²) in [6.45, 7) is 6.06. The molecule has 0 fully saturated rings. The van der Waals surface area contributed by atoms with Crippen LogP contribution in [-0.2, 0) is 5.41 Å². The standard InChI is InChI=1S/C13H15FN2O/c1-13(2,3)11-7-16-12(17-11)9-6-8(14)4-5-10(9)15/h4-7H,15H2,1-3H3. The molecule has 2 aromatic rings. The minimum atomic E-state index is -0.357. The molecule has 0 saturated heterocycles. The van der Waals surface area contributed by atoms with Crippen LogP contribution in [0.1, 0.15) is 26.5 Å². The molecule has 0 saturated carbocycles. The third kappa shape index (κ3) is 2.30. The summed E-state index contributed by atoms with van der Waals surface area (Å²) in [5.74, 6) is 0.743. The van der Waals surface area contributed by atoms with Gasteiger partial charge in [0.15, 0.2) is 0 Å². The first-order valence-corrected chi connectivity index (χ1v) is 5.39. The van der Waals surface area contributed by atoms with Crippen LogP contribution in [0.15, 0.2) is 28.8 Å². The van der Waals surface area contributed by atoms with Crippen LogP contribution in [0, 0.1) is 5.82 Å². The van der Waals surface area contributed by atoms with Gasteiger partial charge in [-0.1, -0.05) is 20.8 Å². The maximum absolute atomic E-state index is 13.1. The van der Waals surface area contributed by atoms with Crippen molar-refractivity contribution in [2.45, 2.75) is 26.2 Å². The van der Waals surface area contributed by atoms with Crippen LogP contribution in [0.5, 0.6) is 0 Å². The molecule has 0 unspecified atom stereocenters. The monoisotopic (exact) mass is 234 g/mol. The summed E-state index contributed by atoms with van der Waals surface area (Å²) in [6.07, 6.45) is 1.65. The smallest absolute Gasteiger partial charge is 0.228 e. The maximum atomic E-state index is 13.1. The molecule has 1 heterocycles. The van der Waals surface area contributed by atoms with E-state index in [1.54, 1.807) is 6.20 Å². The Morgan fingerprint density at radius 1 is 1.29 bits per heavy atom. The maximum Gasteiger partial charge on any atom is 0.228 e. The Labute approximate surface area is 99.5 Å². The summed E-state index contributed by atoms with van der Waals surface area (Å²) in [6, 6.07) is 4.14. The lowest BCUT2D eigenvalue weighted by molar-refractivity contribution is 0.415. The van der Waals surface area contributed by atoms with Crippen LogP contribution in [0.4, 0.5) is 10.1 Å². The predicted octanol–water partition coefficient (Wildman–Crippen LogP) is 3.36. The third-order valence-corrected chi connectivity index (χ3v) is 2.49. The van der Waals surface area contributed by atoms with Crippen molar-refractivity contribution in [3.63, 3.8) is 0 Å². The second kappa shape index (κ2) is 3.87. The molecule has 3 nitrogen and oxygen atoms in total.